The number of ether oxygens (including phenoxy) is 1. The number of hydrogen-bond donors (Lipinski definition) is 1. The highest BCUT2D eigenvalue weighted by molar-refractivity contribution is 5.82. The van der Waals surface area contributed by atoms with Crippen LogP contribution in [0.4, 0.5) is 0 Å². The summed E-state index contributed by atoms with van der Waals surface area (Å²) in [4.78, 5) is 12.4. The van der Waals surface area contributed by atoms with Crippen LogP contribution in [0.15, 0.2) is 54.6 Å². The third-order valence-corrected chi connectivity index (χ3v) is 4.78. The number of nitrogens with one attached hydrogen (secondary N) is 1. The summed E-state index contributed by atoms with van der Waals surface area (Å²) in [5.74, 6) is 0.838. The zero-order valence-corrected chi connectivity index (χ0v) is 12.4. The van der Waals surface area contributed by atoms with E-state index in [1.54, 1.807) is 0 Å². The summed E-state index contributed by atoms with van der Waals surface area (Å²) < 4.78 is 5.75. The highest BCUT2D eigenvalue weighted by Crippen LogP contribution is 2.47. The Hall–Kier alpha value is -2.29. The van der Waals surface area contributed by atoms with E-state index < -0.39 is 0 Å². The molecule has 1 aliphatic carbocycles. The smallest absolute Gasteiger partial charge is 0.261 e. The monoisotopic (exact) mass is 293 g/mol. The van der Waals surface area contributed by atoms with E-state index in [4.69, 9.17) is 4.74 Å². The van der Waals surface area contributed by atoms with Gasteiger partial charge in [-0.2, -0.15) is 0 Å². The number of carbonyl (C=O) groups excluding carboxylic acids is 1. The second kappa shape index (κ2) is 5.16. The third kappa shape index (κ3) is 2.37. The van der Waals surface area contributed by atoms with Crippen molar-refractivity contribution in [1.29, 1.82) is 0 Å². The van der Waals surface area contributed by atoms with Crippen LogP contribution in [0.1, 0.15) is 24.0 Å². The van der Waals surface area contributed by atoms with Crippen LogP contribution in [0, 0.1) is 0 Å². The minimum absolute atomic E-state index is 0.00148. The topological polar surface area (TPSA) is 38.3 Å². The molecule has 2 aliphatic rings. The Kier molecular flexibility index (Phi) is 3.14. The van der Waals surface area contributed by atoms with Crippen LogP contribution in [0.2, 0.25) is 0 Å². The fourth-order valence-corrected chi connectivity index (χ4v) is 3.21. The van der Waals surface area contributed by atoms with Crippen molar-refractivity contribution in [2.75, 3.05) is 6.54 Å². The first-order valence-electron chi connectivity index (χ1n) is 7.85. The molecule has 0 bridgehead atoms. The van der Waals surface area contributed by atoms with Gasteiger partial charge >= 0.3 is 0 Å². The molecule has 1 N–H and O–H groups in total. The molecule has 1 atom stereocenters. The lowest BCUT2D eigenvalue weighted by Gasteiger charge is -2.18. The molecule has 0 saturated heterocycles. The van der Waals surface area contributed by atoms with Gasteiger partial charge in [0.1, 0.15) is 5.75 Å². The van der Waals surface area contributed by atoms with Crippen LogP contribution in [-0.2, 0) is 16.6 Å². The molecule has 4 rings (SSSR count). The van der Waals surface area contributed by atoms with Gasteiger partial charge in [0.15, 0.2) is 6.10 Å². The van der Waals surface area contributed by atoms with Crippen molar-refractivity contribution < 1.29 is 9.53 Å². The van der Waals surface area contributed by atoms with Gasteiger partial charge in [-0.3, -0.25) is 4.79 Å². The highest BCUT2D eigenvalue weighted by atomic mass is 16.5. The predicted octanol–water partition coefficient (Wildman–Crippen LogP) is 2.84. The average Bonchev–Trinajstić information content (AvgIpc) is 3.24. The molecule has 1 amide bonds. The molecule has 3 heteroatoms. The highest BCUT2D eigenvalue weighted by Gasteiger charge is 2.44. The van der Waals surface area contributed by atoms with Gasteiger partial charge in [-0.15, -0.1) is 0 Å². The van der Waals surface area contributed by atoms with Crippen molar-refractivity contribution in [3.05, 3.63) is 65.7 Å². The SMILES string of the molecule is O=C(NCC1(c2ccccc2)CC1)C1Cc2ccccc2O1. The lowest BCUT2D eigenvalue weighted by atomic mass is 9.96. The summed E-state index contributed by atoms with van der Waals surface area (Å²) in [6, 6.07) is 18.3. The first-order chi connectivity index (χ1) is 10.8. The standard InChI is InChI=1S/C19H19NO2/c21-18(17-12-14-6-4-5-9-16(14)22-17)20-13-19(10-11-19)15-7-2-1-3-8-15/h1-9,17H,10-13H2,(H,20,21). The molecule has 0 spiro atoms. The molecule has 1 fully saturated rings. The summed E-state index contributed by atoms with van der Waals surface area (Å²) in [7, 11) is 0. The van der Waals surface area contributed by atoms with Crippen LogP contribution in [0.5, 0.6) is 5.75 Å². The molecule has 22 heavy (non-hydrogen) atoms. The molecule has 0 aromatic heterocycles. The van der Waals surface area contributed by atoms with Crippen LogP contribution in [0.25, 0.3) is 0 Å². The maximum absolute atomic E-state index is 12.4. The number of para-hydroxylation sites is 1. The minimum Gasteiger partial charge on any atom is -0.480 e. The zero-order chi connectivity index (χ0) is 15.0. The van der Waals surface area contributed by atoms with E-state index >= 15 is 0 Å². The largest absolute Gasteiger partial charge is 0.480 e. The Morgan fingerprint density at radius 1 is 1.09 bits per heavy atom. The van der Waals surface area contributed by atoms with E-state index in [9.17, 15) is 4.79 Å². The van der Waals surface area contributed by atoms with Gasteiger partial charge in [0.25, 0.3) is 5.91 Å². The zero-order valence-electron chi connectivity index (χ0n) is 12.4. The Morgan fingerprint density at radius 2 is 1.82 bits per heavy atom. The lowest BCUT2D eigenvalue weighted by molar-refractivity contribution is -0.127. The van der Waals surface area contributed by atoms with Gasteiger partial charge < -0.3 is 10.1 Å². The van der Waals surface area contributed by atoms with Crippen LogP contribution < -0.4 is 10.1 Å². The third-order valence-electron chi connectivity index (χ3n) is 4.78. The summed E-state index contributed by atoms with van der Waals surface area (Å²) in [6.45, 7) is 0.700. The first-order valence-corrected chi connectivity index (χ1v) is 7.85. The maximum atomic E-state index is 12.4. The van der Waals surface area contributed by atoms with Gasteiger partial charge in [-0.1, -0.05) is 48.5 Å². The molecule has 1 unspecified atom stereocenters. The fourth-order valence-electron chi connectivity index (χ4n) is 3.21. The van der Waals surface area contributed by atoms with Gasteiger partial charge in [0.2, 0.25) is 0 Å². The van der Waals surface area contributed by atoms with E-state index in [1.165, 1.54) is 5.56 Å². The quantitative estimate of drug-likeness (QED) is 0.941. The maximum Gasteiger partial charge on any atom is 0.261 e. The molecule has 3 nitrogen and oxygen atoms in total. The van der Waals surface area contributed by atoms with Crippen molar-refractivity contribution in [2.45, 2.75) is 30.8 Å². The van der Waals surface area contributed by atoms with Gasteiger partial charge in [-0.05, 0) is 30.0 Å². The molecule has 1 heterocycles. The summed E-state index contributed by atoms with van der Waals surface area (Å²) in [6.07, 6.45) is 2.57. The lowest BCUT2D eigenvalue weighted by Crippen LogP contribution is -2.41. The van der Waals surface area contributed by atoms with Crippen molar-refractivity contribution in [1.82, 2.24) is 5.32 Å². The van der Waals surface area contributed by atoms with E-state index in [0.717, 1.165) is 24.2 Å². The molecule has 112 valence electrons. The van der Waals surface area contributed by atoms with Crippen LogP contribution in [-0.4, -0.2) is 18.6 Å². The van der Waals surface area contributed by atoms with Gasteiger partial charge in [0.05, 0.1) is 0 Å². The number of benzene rings is 2. The average molecular weight is 293 g/mol. The van der Waals surface area contributed by atoms with Crippen LogP contribution >= 0.6 is 0 Å². The molecule has 2 aromatic rings. The van der Waals surface area contributed by atoms with E-state index in [-0.39, 0.29) is 17.4 Å². The van der Waals surface area contributed by atoms with Crippen molar-refractivity contribution >= 4 is 5.91 Å². The molecule has 2 aromatic carbocycles. The van der Waals surface area contributed by atoms with E-state index in [1.807, 2.05) is 30.3 Å². The van der Waals surface area contributed by atoms with Gasteiger partial charge in [-0.25, -0.2) is 0 Å². The number of amides is 1. The molecule has 1 saturated carbocycles. The molecular weight excluding hydrogens is 274 g/mol. The molecule has 1 aliphatic heterocycles. The summed E-state index contributed by atoms with van der Waals surface area (Å²) in [5.41, 5.74) is 2.58. The number of rotatable bonds is 4. The second-order valence-corrected chi connectivity index (χ2v) is 6.28. The van der Waals surface area contributed by atoms with Gasteiger partial charge in [0, 0.05) is 18.4 Å². The van der Waals surface area contributed by atoms with Crippen molar-refractivity contribution in [3.63, 3.8) is 0 Å². The molecule has 0 radical (unpaired) electrons. The Balaban J connectivity index is 1.38. The summed E-state index contributed by atoms with van der Waals surface area (Å²) in [5, 5.41) is 3.10. The normalized spacial score (nSPS) is 20.8. The fraction of sp³-hybridized carbons (Fsp3) is 0.316. The first kappa shape index (κ1) is 13.4. The Morgan fingerprint density at radius 3 is 2.55 bits per heavy atom. The number of fused-ring (bicyclic) bond motifs is 1. The minimum atomic E-state index is -0.385. The van der Waals surface area contributed by atoms with Crippen molar-refractivity contribution in [2.24, 2.45) is 0 Å². The molecular formula is C19H19NO2. The second-order valence-electron chi connectivity index (χ2n) is 6.28. The van der Waals surface area contributed by atoms with Crippen molar-refractivity contribution in [3.8, 4) is 5.75 Å². The predicted molar refractivity (Wildman–Crippen MR) is 84.9 cm³/mol. The van der Waals surface area contributed by atoms with Crippen LogP contribution in [0.3, 0.4) is 0 Å². The summed E-state index contributed by atoms with van der Waals surface area (Å²) >= 11 is 0. The van der Waals surface area contributed by atoms with E-state index in [0.29, 0.717) is 13.0 Å². The Bertz CT molecular complexity index is 667. The number of hydrogen-bond acceptors (Lipinski definition) is 2. The van der Waals surface area contributed by atoms with E-state index in [2.05, 4.69) is 29.6 Å². The Labute approximate surface area is 130 Å². The number of carbonyl (C=O) groups is 1.